The quantitative estimate of drug-likeness (QED) is 0.710. The molecule has 1 aliphatic rings. The Kier molecular flexibility index (Phi) is 2.37. The van der Waals surface area contributed by atoms with Crippen molar-refractivity contribution in [3.8, 4) is 0 Å². The van der Waals surface area contributed by atoms with Gasteiger partial charge in [-0.1, -0.05) is 0 Å². The maximum Gasteiger partial charge on any atom is 0.151 e. The van der Waals surface area contributed by atoms with E-state index in [1.807, 2.05) is 12.1 Å². The Morgan fingerprint density at radius 3 is 3.00 bits per heavy atom. The van der Waals surface area contributed by atoms with E-state index < -0.39 is 0 Å². The summed E-state index contributed by atoms with van der Waals surface area (Å²) in [7, 11) is 0. The van der Waals surface area contributed by atoms with Crippen LogP contribution in [0.2, 0.25) is 0 Å². The highest BCUT2D eigenvalue weighted by Crippen LogP contribution is 2.15. The molecule has 76 valence electrons. The molecule has 0 bridgehead atoms. The zero-order valence-corrected chi connectivity index (χ0v) is 8.70. The molecule has 2 heterocycles. The fourth-order valence-electron chi connectivity index (χ4n) is 1.80. The second kappa shape index (κ2) is 3.53. The van der Waals surface area contributed by atoms with Gasteiger partial charge in [-0.2, -0.15) is 5.10 Å². The maximum atomic E-state index is 4.12. The van der Waals surface area contributed by atoms with E-state index in [0.29, 0.717) is 0 Å². The fourth-order valence-corrected chi connectivity index (χ4v) is 1.80. The number of nitrogens with zero attached hydrogens (tertiary/aromatic N) is 3. The number of hydrogen-bond acceptors (Lipinski definition) is 4. The summed E-state index contributed by atoms with van der Waals surface area (Å²) >= 11 is 0. The molecule has 4 heteroatoms. The Hall–Kier alpha value is -1.16. The van der Waals surface area contributed by atoms with Crippen LogP contribution in [0.4, 0.5) is 5.82 Å². The number of piperazine rings is 1. The van der Waals surface area contributed by atoms with Crippen molar-refractivity contribution in [1.29, 1.82) is 0 Å². The summed E-state index contributed by atoms with van der Waals surface area (Å²) in [5.74, 6) is 0.974. The van der Waals surface area contributed by atoms with Gasteiger partial charge in [-0.05, 0) is 26.0 Å². The van der Waals surface area contributed by atoms with Crippen molar-refractivity contribution in [1.82, 2.24) is 15.5 Å². The summed E-state index contributed by atoms with van der Waals surface area (Å²) < 4.78 is 0. The van der Waals surface area contributed by atoms with Gasteiger partial charge >= 0.3 is 0 Å². The lowest BCUT2D eigenvalue weighted by Crippen LogP contribution is -2.57. The van der Waals surface area contributed by atoms with Crippen LogP contribution in [-0.2, 0) is 0 Å². The number of anilines is 1. The van der Waals surface area contributed by atoms with E-state index in [1.54, 1.807) is 6.20 Å². The minimum atomic E-state index is 0.162. The van der Waals surface area contributed by atoms with Gasteiger partial charge < -0.3 is 10.2 Å². The van der Waals surface area contributed by atoms with Gasteiger partial charge in [0.15, 0.2) is 5.82 Å². The molecular weight excluding hydrogens is 176 g/mol. The Labute approximate surface area is 84.3 Å². The summed E-state index contributed by atoms with van der Waals surface area (Å²) in [4.78, 5) is 2.27. The van der Waals surface area contributed by atoms with Gasteiger partial charge in [0, 0.05) is 31.4 Å². The molecule has 1 fully saturated rings. The second-order valence-electron chi connectivity index (χ2n) is 4.31. The third kappa shape index (κ3) is 2.01. The average molecular weight is 192 g/mol. The number of nitrogens with one attached hydrogen (secondary N) is 1. The van der Waals surface area contributed by atoms with Gasteiger partial charge in [-0.25, -0.2) is 0 Å². The topological polar surface area (TPSA) is 41.1 Å². The lowest BCUT2D eigenvalue weighted by Gasteiger charge is -2.39. The molecule has 0 amide bonds. The highest BCUT2D eigenvalue weighted by Gasteiger charge is 2.26. The Balaban J connectivity index is 2.12. The van der Waals surface area contributed by atoms with E-state index in [0.717, 1.165) is 25.5 Å². The lowest BCUT2D eigenvalue weighted by molar-refractivity contribution is 0.351. The van der Waals surface area contributed by atoms with Crippen LogP contribution >= 0.6 is 0 Å². The predicted octanol–water partition coefficient (Wildman–Crippen LogP) is 0.665. The summed E-state index contributed by atoms with van der Waals surface area (Å²) in [5.41, 5.74) is 0.162. The van der Waals surface area contributed by atoms with Crippen molar-refractivity contribution in [2.45, 2.75) is 19.4 Å². The monoisotopic (exact) mass is 192 g/mol. The summed E-state index contributed by atoms with van der Waals surface area (Å²) in [5, 5.41) is 11.5. The fraction of sp³-hybridized carbons (Fsp3) is 0.600. The van der Waals surface area contributed by atoms with Crippen molar-refractivity contribution >= 4 is 5.82 Å². The molecule has 1 aliphatic heterocycles. The first-order valence-corrected chi connectivity index (χ1v) is 4.95. The van der Waals surface area contributed by atoms with Crippen LogP contribution < -0.4 is 10.2 Å². The van der Waals surface area contributed by atoms with E-state index >= 15 is 0 Å². The molecule has 0 aromatic carbocycles. The van der Waals surface area contributed by atoms with Crippen LogP contribution in [0, 0.1) is 0 Å². The van der Waals surface area contributed by atoms with Gasteiger partial charge in [0.05, 0.1) is 0 Å². The number of hydrogen-bond donors (Lipinski definition) is 1. The molecule has 4 nitrogen and oxygen atoms in total. The predicted molar refractivity (Wildman–Crippen MR) is 56.3 cm³/mol. The molecule has 1 aromatic heterocycles. The van der Waals surface area contributed by atoms with E-state index in [4.69, 9.17) is 0 Å². The number of aromatic nitrogens is 2. The van der Waals surface area contributed by atoms with Gasteiger partial charge in [0.25, 0.3) is 0 Å². The third-order valence-corrected chi connectivity index (χ3v) is 2.45. The normalized spacial score (nSPS) is 20.9. The highest BCUT2D eigenvalue weighted by atomic mass is 15.3. The zero-order valence-electron chi connectivity index (χ0n) is 8.70. The largest absolute Gasteiger partial charge is 0.352 e. The van der Waals surface area contributed by atoms with E-state index in [1.165, 1.54) is 0 Å². The van der Waals surface area contributed by atoms with Crippen molar-refractivity contribution < 1.29 is 0 Å². The van der Waals surface area contributed by atoms with Crippen molar-refractivity contribution in [2.75, 3.05) is 24.5 Å². The molecule has 0 saturated carbocycles. The molecule has 1 saturated heterocycles. The molecule has 0 unspecified atom stereocenters. The number of rotatable bonds is 1. The first-order valence-electron chi connectivity index (χ1n) is 4.95. The lowest BCUT2D eigenvalue weighted by atomic mass is 10.0. The van der Waals surface area contributed by atoms with Crippen molar-refractivity contribution in [3.63, 3.8) is 0 Å². The minimum absolute atomic E-state index is 0.162. The van der Waals surface area contributed by atoms with Crippen molar-refractivity contribution in [2.24, 2.45) is 0 Å². The van der Waals surface area contributed by atoms with Crippen LogP contribution in [-0.4, -0.2) is 35.4 Å². The molecule has 1 N–H and O–H groups in total. The highest BCUT2D eigenvalue weighted by molar-refractivity contribution is 5.37. The molecular formula is C10H16N4. The summed E-state index contributed by atoms with van der Waals surface area (Å²) in [6.45, 7) is 7.39. The van der Waals surface area contributed by atoms with Crippen LogP contribution in [0.3, 0.4) is 0 Å². The van der Waals surface area contributed by atoms with Crippen LogP contribution in [0.15, 0.2) is 18.3 Å². The van der Waals surface area contributed by atoms with Gasteiger partial charge in [0.2, 0.25) is 0 Å². The van der Waals surface area contributed by atoms with E-state index in [9.17, 15) is 0 Å². The summed E-state index contributed by atoms with van der Waals surface area (Å²) in [6, 6.07) is 3.94. The molecule has 0 radical (unpaired) electrons. The zero-order chi connectivity index (χ0) is 10.0. The molecule has 1 aromatic rings. The Morgan fingerprint density at radius 1 is 1.50 bits per heavy atom. The molecule has 2 rings (SSSR count). The van der Waals surface area contributed by atoms with Crippen LogP contribution in [0.5, 0.6) is 0 Å². The minimum Gasteiger partial charge on any atom is -0.352 e. The third-order valence-electron chi connectivity index (χ3n) is 2.45. The Morgan fingerprint density at radius 2 is 2.36 bits per heavy atom. The van der Waals surface area contributed by atoms with Crippen molar-refractivity contribution in [3.05, 3.63) is 18.3 Å². The standard InChI is InChI=1S/C10H16N4/c1-10(2)8-14(7-6-11-10)9-4-3-5-12-13-9/h3-5,11H,6-8H2,1-2H3. The average Bonchev–Trinajstić information content (AvgIpc) is 2.18. The smallest absolute Gasteiger partial charge is 0.151 e. The first-order chi connectivity index (χ1) is 6.67. The Bertz CT molecular complexity index is 296. The van der Waals surface area contributed by atoms with Gasteiger partial charge in [-0.15, -0.1) is 5.10 Å². The summed E-state index contributed by atoms with van der Waals surface area (Å²) in [6.07, 6.45) is 1.71. The van der Waals surface area contributed by atoms with Gasteiger partial charge in [-0.3, -0.25) is 0 Å². The first kappa shape index (κ1) is 9.40. The van der Waals surface area contributed by atoms with E-state index in [2.05, 4.69) is 34.3 Å². The second-order valence-corrected chi connectivity index (χ2v) is 4.31. The van der Waals surface area contributed by atoms with Crippen LogP contribution in [0.1, 0.15) is 13.8 Å². The maximum absolute atomic E-state index is 4.12. The molecule has 0 spiro atoms. The SMILES string of the molecule is CC1(C)CN(c2cccnn2)CCN1. The molecule has 14 heavy (non-hydrogen) atoms. The molecule has 0 aliphatic carbocycles. The van der Waals surface area contributed by atoms with E-state index in [-0.39, 0.29) is 5.54 Å². The molecule has 0 atom stereocenters. The van der Waals surface area contributed by atoms with Crippen LogP contribution in [0.25, 0.3) is 0 Å². The van der Waals surface area contributed by atoms with Gasteiger partial charge in [0.1, 0.15) is 0 Å².